The number of anilines is 1. The molecule has 2 rings (SSSR count). The third kappa shape index (κ3) is 3.95. The highest BCUT2D eigenvalue weighted by Crippen LogP contribution is 2.31. The van der Waals surface area contributed by atoms with Crippen molar-refractivity contribution in [2.45, 2.75) is 16.8 Å². The number of rotatable bonds is 4. The van der Waals surface area contributed by atoms with E-state index in [4.69, 9.17) is 10.5 Å². The zero-order valence-electron chi connectivity index (χ0n) is 12.1. The molecular formula is C15H14F3NO3S. The molecule has 0 fully saturated rings. The van der Waals surface area contributed by atoms with Crippen molar-refractivity contribution in [1.82, 2.24) is 0 Å². The average molecular weight is 345 g/mol. The van der Waals surface area contributed by atoms with Crippen molar-refractivity contribution in [3.8, 4) is 5.75 Å². The summed E-state index contributed by atoms with van der Waals surface area (Å²) in [6.45, 7) is 0. The quantitative estimate of drug-likeness (QED) is 0.864. The first-order valence-electron chi connectivity index (χ1n) is 6.46. The Balaban J connectivity index is 2.33. The fourth-order valence-corrected chi connectivity index (χ4v) is 3.41. The average Bonchev–Trinajstić information content (AvgIpc) is 2.46. The van der Waals surface area contributed by atoms with E-state index in [1.165, 1.54) is 37.4 Å². The van der Waals surface area contributed by atoms with Gasteiger partial charge in [0, 0.05) is 0 Å². The van der Waals surface area contributed by atoms with E-state index in [2.05, 4.69) is 0 Å². The van der Waals surface area contributed by atoms with Crippen LogP contribution in [-0.4, -0.2) is 15.5 Å². The van der Waals surface area contributed by atoms with Gasteiger partial charge in [-0.05, 0) is 29.8 Å². The van der Waals surface area contributed by atoms with Crippen molar-refractivity contribution in [1.29, 1.82) is 0 Å². The molecule has 0 aliphatic heterocycles. The van der Waals surface area contributed by atoms with Gasteiger partial charge in [-0.1, -0.05) is 18.2 Å². The molecule has 0 aliphatic rings. The predicted octanol–water partition coefficient (Wildman–Crippen LogP) is 3.27. The highest BCUT2D eigenvalue weighted by Gasteiger charge is 2.30. The third-order valence-electron chi connectivity index (χ3n) is 3.17. The topological polar surface area (TPSA) is 69.4 Å². The number of methoxy groups -OCH3 is 1. The van der Waals surface area contributed by atoms with E-state index in [9.17, 15) is 21.6 Å². The van der Waals surface area contributed by atoms with E-state index < -0.39 is 27.3 Å². The van der Waals surface area contributed by atoms with Crippen molar-refractivity contribution in [3.63, 3.8) is 0 Å². The number of sulfone groups is 1. The largest absolute Gasteiger partial charge is 0.495 e. The van der Waals surface area contributed by atoms with E-state index in [1.807, 2.05) is 0 Å². The summed E-state index contributed by atoms with van der Waals surface area (Å²) in [7, 11) is -2.43. The van der Waals surface area contributed by atoms with E-state index in [0.717, 1.165) is 12.1 Å². The fourth-order valence-electron chi connectivity index (χ4n) is 2.05. The van der Waals surface area contributed by atoms with E-state index in [1.54, 1.807) is 0 Å². The van der Waals surface area contributed by atoms with E-state index >= 15 is 0 Å². The standard InChI is InChI=1S/C15H14F3NO3S/c1-22-14-6-5-12(8-13(14)19)23(20,21)9-10-3-2-4-11(7-10)15(16,17)18/h2-8H,9,19H2,1H3. The van der Waals surface area contributed by atoms with Crippen LogP contribution in [0.1, 0.15) is 11.1 Å². The molecule has 0 atom stereocenters. The maximum Gasteiger partial charge on any atom is 0.416 e. The normalized spacial score (nSPS) is 12.2. The van der Waals surface area contributed by atoms with Crippen LogP contribution < -0.4 is 10.5 Å². The number of alkyl halides is 3. The Labute approximate surface area is 131 Å². The molecule has 0 saturated heterocycles. The molecule has 0 bridgehead atoms. The van der Waals surface area contributed by atoms with Gasteiger partial charge in [-0.2, -0.15) is 13.2 Å². The predicted molar refractivity (Wildman–Crippen MR) is 79.7 cm³/mol. The van der Waals surface area contributed by atoms with Crippen LogP contribution in [-0.2, 0) is 21.8 Å². The van der Waals surface area contributed by atoms with Gasteiger partial charge in [-0.15, -0.1) is 0 Å². The van der Waals surface area contributed by atoms with Crippen LogP contribution in [0.3, 0.4) is 0 Å². The van der Waals surface area contributed by atoms with E-state index in [-0.39, 0.29) is 16.1 Å². The van der Waals surface area contributed by atoms with Gasteiger partial charge in [-0.25, -0.2) is 8.42 Å². The summed E-state index contributed by atoms with van der Waals surface area (Å²) in [5.41, 5.74) is 4.96. The fraction of sp³-hybridized carbons (Fsp3) is 0.200. The molecule has 0 spiro atoms. The van der Waals surface area contributed by atoms with Crippen molar-refractivity contribution >= 4 is 15.5 Å². The Morgan fingerprint density at radius 3 is 2.39 bits per heavy atom. The van der Waals surface area contributed by atoms with Crippen LogP contribution in [0, 0.1) is 0 Å². The van der Waals surface area contributed by atoms with Gasteiger partial charge in [-0.3, -0.25) is 0 Å². The smallest absolute Gasteiger partial charge is 0.416 e. The van der Waals surface area contributed by atoms with Crippen LogP contribution in [0.15, 0.2) is 47.4 Å². The summed E-state index contributed by atoms with van der Waals surface area (Å²) in [5.74, 6) is -0.231. The number of halogens is 3. The third-order valence-corrected chi connectivity index (χ3v) is 4.86. The van der Waals surface area contributed by atoms with Gasteiger partial charge in [0.05, 0.1) is 29.0 Å². The Kier molecular flexibility index (Phi) is 4.56. The van der Waals surface area contributed by atoms with Crippen molar-refractivity contribution < 1.29 is 26.3 Å². The van der Waals surface area contributed by atoms with Crippen LogP contribution >= 0.6 is 0 Å². The number of nitrogens with two attached hydrogens (primary N) is 1. The van der Waals surface area contributed by atoms with Crippen LogP contribution in [0.5, 0.6) is 5.75 Å². The molecule has 23 heavy (non-hydrogen) atoms. The number of nitrogen functional groups attached to an aromatic ring is 1. The molecule has 0 heterocycles. The first-order chi connectivity index (χ1) is 10.6. The lowest BCUT2D eigenvalue weighted by atomic mass is 10.1. The Bertz CT molecular complexity index is 817. The second kappa shape index (κ2) is 6.11. The highest BCUT2D eigenvalue weighted by molar-refractivity contribution is 7.90. The molecule has 0 aliphatic carbocycles. The van der Waals surface area contributed by atoms with Crippen LogP contribution in [0.4, 0.5) is 18.9 Å². The lowest BCUT2D eigenvalue weighted by molar-refractivity contribution is -0.137. The van der Waals surface area contributed by atoms with Crippen molar-refractivity contribution in [2.75, 3.05) is 12.8 Å². The molecular weight excluding hydrogens is 331 g/mol. The summed E-state index contributed by atoms with van der Waals surface area (Å²) >= 11 is 0. The Hall–Kier alpha value is -2.22. The summed E-state index contributed by atoms with van der Waals surface area (Å²) < 4.78 is 67.7. The van der Waals surface area contributed by atoms with Crippen molar-refractivity contribution in [2.24, 2.45) is 0 Å². The molecule has 0 radical (unpaired) electrons. The monoisotopic (exact) mass is 345 g/mol. The Morgan fingerprint density at radius 2 is 1.83 bits per heavy atom. The lowest BCUT2D eigenvalue weighted by Crippen LogP contribution is -2.09. The molecule has 0 saturated carbocycles. The zero-order chi connectivity index (χ0) is 17.3. The minimum atomic E-state index is -4.52. The molecule has 0 aromatic heterocycles. The minimum absolute atomic E-state index is 0.0502. The van der Waals surface area contributed by atoms with Gasteiger partial charge in [0.25, 0.3) is 0 Å². The summed E-state index contributed by atoms with van der Waals surface area (Å²) in [5, 5.41) is 0. The van der Waals surface area contributed by atoms with Gasteiger partial charge in [0.1, 0.15) is 5.75 Å². The molecule has 2 aromatic rings. The van der Waals surface area contributed by atoms with Crippen LogP contribution in [0.25, 0.3) is 0 Å². The molecule has 2 N–H and O–H groups in total. The number of ether oxygens (including phenoxy) is 1. The molecule has 0 amide bonds. The molecule has 0 unspecified atom stereocenters. The number of hydrogen-bond acceptors (Lipinski definition) is 4. The van der Waals surface area contributed by atoms with Gasteiger partial charge in [0.15, 0.2) is 9.84 Å². The molecule has 8 heteroatoms. The number of hydrogen-bond donors (Lipinski definition) is 1. The maximum atomic E-state index is 12.7. The lowest BCUT2D eigenvalue weighted by Gasteiger charge is -2.10. The highest BCUT2D eigenvalue weighted by atomic mass is 32.2. The first-order valence-corrected chi connectivity index (χ1v) is 8.11. The second-order valence-corrected chi connectivity index (χ2v) is 6.85. The minimum Gasteiger partial charge on any atom is -0.495 e. The summed E-state index contributed by atoms with van der Waals surface area (Å²) in [6.07, 6.45) is -4.52. The van der Waals surface area contributed by atoms with Gasteiger partial charge >= 0.3 is 6.18 Å². The molecule has 2 aromatic carbocycles. The van der Waals surface area contributed by atoms with Gasteiger partial charge in [0.2, 0.25) is 0 Å². The number of benzene rings is 2. The Morgan fingerprint density at radius 1 is 1.13 bits per heavy atom. The van der Waals surface area contributed by atoms with Crippen LogP contribution in [0.2, 0.25) is 0 Å². The SMILES string of the molecule is COc1ccc(S(=O)(=O)Cc2cccc(C(F)(F)F)c2)cc1N. The summed E-state index contributed by atoms with van der Waals surface area (Å²) in [6, 6.07) is 8.15. The maximum absolute atomic E-state index is 12.7. The zero-order valence-corrected chi connectivity index (χ0v) is 12.9. The first kappa shape index (κ1) is 17.1. The van der Waals surface area contributed by atoms with Gasteiger partial charge < -0.3 is 10.5 Å². The second-order valence-electron chi connectivity index (χ2n) is 4.86. The molecule has 124 valence electrons. The summed E-state index contributed by atoms with van der Waals surface area (Å²) in [4.78, 5) is -0.0757. The van der Waals surface area contributed by atoms with E-state index in [0.29, 0.717) is 5.75 Å². The molecule has 4 nitrogen and oxygen atoms in total. The van der Waals surface area contributed by atoms with Crippen molar-refractivity contribution in [3.05, 3.63) is 53.6 Å².